The van der Waals surface area contributed by atoms with E-state index in [2.05, 4.69) is 39.1 Å². The molecule has 2 atom stereocenters. The van der Waals surface area contributed by atoms with Crippen molar-refractivity contribution in [3.05, 3.63) is 119 Å². The number of carbonyl (C=O) groups is 2. The fourth-order valence-electron chi connectivity index (χ4n) is 8.27. The topological polar surface area (TPSA) is 86.6 Å². The molecule has 47 heavy (non-hydrogen) atoms. The van der Waals surface area contributed by atoms with E-state index in [1.165, 1.54) is 45.1 Å². The Labute approximate surface area is 276 Å². The SMILES string of the molecule is CN(CC1CCC(CN2C3CCC2c2ccccc23)CC1)C(=O)c1cccc2ncccc12.Cc1ccc(C(=O)O)c2cccnc12. The number of rotatable bonds is 6. The lowest BCUT2D eigenvalue weighted by atomic mass is 9.81. The molecule has 2 bridgehead atoms. The van der Waals surface area contributed by atoms with Crippen LogP contribution < -0.4 is 0 Å². The third kappa shape index (κ3) is 6.12. The fraction of sp³-hybridized carbons (Fsp3) is 0.350. The summed E-state index contributed by atoms with van der Waals surface area (Å²) in [6.07, 6.45) is 11.1. The first-order valence-electron chi connectivity index (χ1n) is 16.9. The number of fused-ring (bicyclic) bond motifs is 7. The van der Waals surface area contributed by atoms with Gasteiger partial charge in [-0.1, -0.05) is 48.5 Å². The summed E-state index contributed by atoms with van der Waals surface area (Å²) in [4.78, 5) is 37.4. The molecule has 2 aliphatic heterocycles. The van der Waals surface area contributed by atoms with E-state index in [0.29, 0.717) is 29.0 Å². The van der Waals surface area contributed by atoms with Crippen molar-refractivity contribution in [2.75, 3.05) is 20.1 Å². The molecule has 5 aromatic rings. The van der Waals surface area contributed by atoms with Crippen LogP contribution in [0, 0.1) is 18.8 Å². The smallest absolute Gasteiger partial charge is 0.336 e. The van der Waals surface area contributed by atoms with Gasteiger partial charge >= 0.3 is 5.97 Å². The van der Waals surface area contributed by atoms with Crippen molar-refractivity contribution in [3.8, 4) is 0 Å². The second kappa shape index (κ2) is 13.2. The maximum atomic E-state index is 13.2. The molecule has 0 radical (unpaired) electrons. The Morgan fingerprint density at radius 1 is 0.745 bits per heavy atom. The van der Waals surface area contributed by atoms with E-state index >= 15 is 0 Å². The summed E-state index contributed by atoms with van der Waals surface area (Å²) in [6.45, 7) is 4.01. The van der Waals surface area contributed by atoms with Gasteiger partial charge in [0.2, 0.25) is 0 Å². The summed E-state index contributed by atoms with van der Waals surface area (Å²) < 4.78 is 0. The molecule has 1 aliphatic carbocycles. The van der Waals surface area contributed by atoms with Gasteiger partial charge in [0, 0.05) is 61.0 Å². The lowest BCUT2D eigenvalue weighted by Crippen LogP contribution is -2.35. The van der Waals surface area contributed by atoms with E-state index < -0.39 is 5.97 Å². The Hall–Kier alpha value is -4.62. The second-order valence-electron chi connectivity index (χ2n) is 13.5. The van der Waals surface area contributed by atoms with Crippen LogP contribution in [-0.4, -0.2) is 56.9 Å². The van der Waals surface area contributed by atoms with Crippen molar-refractivity contribution >= 4 is 33.7 Å². The predicted octanol–water partition coefficient (Wildman–Crippen LogP) is 8.25. The van der Waals surface area contributed by atoms with Gasteiger partial charge in [-0.15, -0.1) is 0 Å². The number of hydrogen-bond acceptors (Lipinski definition) is 5. The van der Waals surface area contributed by atoms with E-state index in [0.717, 1.165) is 40.0 Å². The van der Waals surface area contributed by atoms with Gasteiger partial charge < -0.3 is 10.0 Å². The maximum absolute atomic E-state index is 13.2. The molecular weight excluding hydrogens is 584 g/mol. The molecule has 2 unspecified atom stereocenters. The number of carboxylic acid groups (broad SMARTS) is 1. The minimum absolute atomic E-state index is 0.113. The van der Waals surface area contributed by atoms with Gasteiger partial charge in [0.05, 0.1) is 16.6 Å². The number of aryl methyl sites for hydroxylation is 1. The Balaban J connectivity index is 0.000000210. The van der Waals surface area contributed by atoms with Crippen LogP contribution in [0.1, 0.15) is 88.0 Å². The molecule has 1 amide bonds. The third-order valence-corrected chi connectivity index (χ3v) is 10.6. The highest BCUT2D eigenvalue weighted by Gasteiger charge is 2.44. The first kappa shape index (κ1) is 31.0. The molecule has 0 spiro atoms. The standard InChI is InChI=1S/C29H33N3O.C11H9NO2/c1-31(29(33)25-8-4-10-26-22(25)9-5-17-30-26)18-20-11-13-21(14-12-20)19-32-27-15-16-28(32)24-7-3-2-6-23(24)27;1-7-4-5-9(11(13)14)8-3-2-6-12-10(7)8/h2-10,17,20-21,27-28H,11-16,18-19H2,1H3;2-6H,1H3,(H,13,14). The fourth-order valence-corrected chi connectivity index (χ4v) is 8.27. The van der Waals surface area contributed by atoms with Crippen molar-refractivity contribution in [1.29, 1.82) is 0 Å². The quantitative estimate of drug-likeness (QED) is 0.204. The molecular formula is C40H42N4O3. The summed E-state index contributed by atoms with van der Waals surface area (Å²) in [5.74, 6) is 0.602. The van der Waals surface area contributed by atoms with Crippen LogP contribution >= 0.6 is 0 Å². The van der Waals surface area contributed by atoms with Crippen LogP contribution in [-0.2, 0) is 0 Å². The number of hydrogen-bond donors (Lipinski definition) is 1. The number of aromatic carboxylic acids is 1. The summed E-state index contributed by atoms with van der Waals surface area (Å²) in [7, 11) is 1.96. The molecule has 4 heterocycles. The Morgan fingerprint density at radius 3 is 2.11 bits per heavy atom. The van der Waals surface area contributed by atoms with E-state index in [-0.39, 0.29) is 5.91 Å². The summed E-state index contributed by atoms with van der Waals surface area (Å²) in [5.41, 5.74) is 6.88. The summed E-state index contributed by atoms with van der Waals surface area (Å²) in [5, 5.41) is 10.6. The molecule has 2 aromatic heterocycles. The highest BCUT2D eigenvalue weighted by molar-refractivity contribution is 6.06. The Kier molecular flexibility index (Phi) is 8.74. The van der Waals surface area contributed by atoms with Crippen LogP contribution in [0.25, 0.3) is 21.8 Å². The Morgan fingerprint density at radius 2 is 1.40 bits per heavy atom. The van der Waals surface area contributed by atoms with Crippen molar-refractivity contribution in [2.45, 2.75) is 57.5 Å². The van der Waals surface area contributed by atoms with E-state index in [1.807, 2.05) is 49.2 Å². The lowest BCUT2D eigenvalue weighted by Gasteiger charge is -2.34. The van der Waals surface area contributed by atoms with Crippen LogP contribution in [0.4, 0.5) is 0 Å². The van der Waals surface area contributed by atoms with Crippen molar-refractivity contribution < 1.29 is 14.7 Å². The third-order valence-electron chi connectivity index (χ3n) is 10.6. The zero-order valence-corrected chi connectivity index (χ0v) is 27.2. The molecule has 7 nitrogen and oxygen atoms in total. The lowest BCUT2D eigenvalue weighted by molar-refractivity contribution is 0.0697. The average molecular weight is 627 g/mol. The van der Waals surface area contributed by atoms with E-state index in [9.17, 15) is 9.59 Å². The number of amides is 1. The van der Waals surface area contributed by atoms with Crippen LogP contribution in [0.15, 0.2) is 91.3 Å². The van der Waals surface area contributed by atoms with Crippen LogP contribution in [0.2, 0.25) is 0 Å². The number of nitrogens with zero attached hydrogens (tertiary/aromatic N) is 4. The first-order valence-corrected chi connectivity index (χ1v) is 16.9. The number of benzene rings is 3. The van der Waals surface area contributed by atoms with Crippen molar-refractivity contribution in [2.24, 2.45) is 11.8 Å². The largest absolute Gasteiger partial charge is 0.478 e. The van der Waals surface area contributed by atoms with Gasteiger partial charge in [0.25, 0.3) is 5.91 Å². The average Bonchev–Trinajstić information content (AvgIpc) is 3.64. The molecule has 8 rings (SSSR count). The van der Waals surface area contributed by atoms with Crippen molar-refractivity contribution in [1.82, 2.24) is 19.8 Å². The predicted molar refractivity (Wildman–Crippen MR) is 185 cm³/mol. The van der Waals surface area contributed by atoms with Gasteiger partial charge in [0.1, 0.15) is 0 Å². The van der Waals surface area contributed by atoms with Gasteiger partial charge in [-0.2, -0.15) is 0 Å². The zero-order valence-electron chi connectivity index (χ0n) is 27.2. The number of carboxylic acids is 1. The normalized spacial score (nSPS) is 21.7. The van der Waals surface area contributed by atoms with Crippen LogP contribution in [0.5, 0.6) is 0 Å². The minimum Gasteiger partial charge on any atom is -0.478 e. The molecule has 240 valence electrons. The minimum atomic E-state index is -0.914. The van der Waals surface area contributed by atoms with Crippen LogP contribution in [0.3, 0.4) is 0 Å². The maximum Gasteiger partial charge on any atom is 0.336 e. The molecule has 7 heteroatoms. The molecule has 2 fully saturated rings. The molecule has 1 N–H and O–H groups in total. The molecule has 3 aromatic carbocycles. The van der Waals surface area contributed by atoms with Gasteiger partial charge in [-0.3, -0.25) is 19.7 Å². The zero-order chi connectivity index (χ0) is 32.5. The van der Waals surface area contributed by atoms with Gasteiger partial charge in [-0.25, -0.2) is 4.79 Å². The molecule has 1 saturated heterocycles. The number of carbonyl (C=O) groups excluding carboxylic acids is 1. The summed E-state index contributed by atoms with van der Waals surface area (Å²) >= 11 is 0. The Bertz CT molecular complexity index is 1900. The van der Waals surface area contributed by atoms with E-state index in [4.69, 9.17) is 5.11 Å². The van der Waals surface area contributed by atoms with Crippen molar-refractivity contribution in [3.63, 3.8) is 0 Å². The highest BCUT2D eigenvalue weighted by Crippen LogP contribution is 2.53. The first-order chi connectivity index (χ1) is 22.9. The molecule has 3 aliphatic rings. The monoisotopic (exact) mass is 626 g/mol. The van der Waals surface area contributed by atoms with Gasteiger partial charge in [0.15, 0.2) is 0 Å². The second-order valence-corrected chi connectivity index (χ2v) is 13.5. The summed E-state index contributed by atoms with van der Waals surface area (Å²) in [6, 6.07) is 27.1. The molecule has 1 saturated carbocycles. The highest BCUT2D eigenvalue weighted by atomic mass is 16.4. The number of aromatic nitrogens is 2. The van der Waals surface area contributed by atoms with E-state index in [1.54, 1.807) is 47.8 Å². The van der Waals surface area contributed by atoms with Gasteiger partial charge in [-0.05, 0) is 104 Å². The number of pyridine rings is 2.